The molecule has 0 spiro atoms. The monoisotopic (exact) mass is 401 g/mol. The lowest BCUT2D eigenvalue weighted by Gasteiger charge is -2.10. The molecule has 0 radical (unpaired) electrons. The van der Waals surface area contributed by atoms with E-state index in [2.05, 4.69) is 10.1 Å². The molecular weight excluding hydrogens is 382 g/mol. The zero-order valence-corrected chi connectivity index (χ0v) is 16.4. The number of carbonyl (C=O) groups excluding carboxylic acids is 1. The molecule has 0 aliphatic carbocycles. The first kappa shape index (κ1) is 19.7. The number of carbonyl (C=O) groups is 1. The molecule has 0 saturated heterocycles. The van der Waals surface area contributed by atoms with Crippen molar-refractivity contribution in [2.45, 2.75) is 32.3 Å². The molecule has 0 atom stereocenters. The van der Waals surface area contributed by atoms with E-state index in [1.54, 1.807) is 19.9 Å². The lowest BCUT2D eigenvalue weighted by molar-refractivity contribution is 0.0429. The molecule has 0 saturated carbocycles. The fourth-order valence-electron chi connectivity index (χ4n) is 2.70. The van der Waals surface area contributed by atoms with Gasteiger partial charge in [-0.25, -0.2) is 18.4 Å². The number of aryl methyl sites for hydroxylation is 2. The van der Waals surface area contributed by atoms with Crippen molar-refractivity contribution in [1.82, 2.24) is 10.1 Å². The summed E-state index contributed by atoms with van der Waals surface area (Å²) >= 11 is 0. The Morgan fingerprint density at radius 1 is 1.14 bits per heavy atom. The van der Waals surface area contributed by atoms with Crippen molar-refractivity contribution >= 4 is 16.0 Å². The van der Waals surface area contributed by atoms with Gasteiger partial charge in [-0.3, -0.25) is 0 Å². The predicted octanol–water partition coefficient (Wildman–Crippen LogP) is 2.67. The van der Waals surface area contributed by atoms with Gasteiger partial charge in [0.25, 0.3) is 5.89 Å². The molecule has 0 fully saturated rings. The van der Waals surface area contributed by atoms with Crippen molar-refractivity contribution in [1.29, 1.82) is 0 Å². The molecule has 9 heteroatoms. The molecule has 28 heavy (non-hydrogen) atoms. The topological polar surface area (TPSA) is 125 Å². The van der Waals surface area contributed by atoms with Crippen LogP contribution in [0.2, 0.25) is 0 Å². The van der Waals surface area contributed by atoms with Crippen LogP contribution in [0.1, 0.15) is 32.9 Å². The van der Waals surface area contributed by atoms with E-state index in [0.717, 1.165) is 11.1 Å². The standard InChI is InChI=1S/C19H19N3O5S/c1-11-6-4-5-7-15(11)18-21-17(27-22-18)10-26-19(23)14-8-12(2)13(3)16(9-14)28(20,24)25/h4-9H,10H2,1-3H3,(H2,20,24,25). The second-order valence-corrected chi connectivity index (χ2v) is 7.89. The van der Waals surface area contributed by atoms with Crippen LogP contribution < -0.4 is 5.14 Å². The van der Waals surface area contributed by atoms with Crippen LogP contribution in [-0.4, -0.2) is 24.5 Å². The van der Waals surface area contributed by atoms with Crippen molar-refractivity contribution in [3.8, 4) is 11.4 Å². The van der Waals surface area contributed by atoms with Gasteiger partial charge in [0.2, 0.25) is 15.8 Å². The van der Waals surface area contributed by atoms with Crippen LogP contribution >= 0.6 is 0 Å². The third kappa shape index (κ3) is 4.10. The molecule has 3 aromatic rings. The molecule has 1 heterocycles. The Kier molecular flexibility index (Phi) is 5.30. The summed E-state index contributed by atoms with van der Waals surface area (Å²) in [6.07, 6.45) is 0. The highest BCUT2D eigenvalue weighted by atomic mass is 32.2. The van der Waals surface area contributed by atoms with Gasteiger partial charge in [-0.05, 0) is 49.6 Å². The molecule has 0 aliphatic rings. The van der Waals surface area contributed by atoms with Gasteiger partial charge in [-0.2, -0.15) is 4.98 Å². The number of primary sulfonamides is 1. The molecule has 0 aliphatic heterocycles. The van der Waals surface area contributed by atoms with Gasteiger partial charge in [0.15, 0.2) is 6.61 Å². The van der Waals surface area contributed by atoms with Crippen molar-refractivity contribution in [3.05, 3.63) is 64.5 Å². The van der Waals surface area contributed by atoms with Crippen molar-refractivity contribution in [3.63, 3.8) is 0 Å². The number of hydrogen-bond acceptors (Lipinski definition) is 7. The average Bonchev–Trinajstić information content (AvgIpc) is 3.10. The third-order valence-electron chi connectivity index (χ3n) is 4.34. The molecular formula is C19H19N3O5S. The first-order valence-electron chi connectivity index (χ1n) is 8.36. The summed E-state index contributed by atoms with van der Waals surface area (Å²) in [6, 6.07) is 10.3. The minimum Gasteiger partial charge on any atom is -0.452 e. The fraction of sp³-hybridized carbons (Fsp3) is 0.211. The average molecular weight is 401 g/mol. The van der Waals surface area contributed by atoms with Gasteiger partial charge in [0.05, 0.1) is 10.5 Å². The molecule has 1 aromatic heterocycles. The number of sulfonamides is 1. The van der Waals surface area contributed by atoms with E-state index in [9.17, 15) is 13.2 Å². The van der Waals surface area contributed by atoms with Crippen molar-refractivity contribution < 1.29 is 22.5 Å². The second-order valence-electron chi connectivity index (χ2n) is 6.36. The maximum absolute atomic E-state index is 12.3. The lowest BCUT2D eigenvalue weighted by Crippen LogP contribution is -2.16. The Morgan fingerprint density at radius 3 is 2.54 bits per heavy atom. The molecule has 2 aromatic carbocycles. The molecule has 0 amide bonds. The van der Waals surface area contributed by atoms with Gasteiger partial charge in [-0.15, -0.1) is 0 Å². The molecule has 0 bridgehead atoms. The minimum atomic E-state index is -3.96. The highest BCUT2D eigenvalue weighted by molar-refractivity contribution is 7.89. The maximum Gasteiger partial charge on any atom is 0.338 e. The summed E-state index contributed by atoms with van der Waals surface area (Å²) in [6.45, 7) is 4.99. The number of ether oxygens (including phenoxy) is 1. The Bertz CT molecular complexity index is 1150. The molecule has 146 valence electrons. The minimum absolute atomic E-state index is 0.0748. The number of hydrogen-bond donors (Lipinski definition) is 1. The van der Waals surface area contributed by atoms with Crippen LogP contribution in [0.5, 0.6) is 0 Å². The summed E-state index contributed by atoms with van der Waals surface area (Å²) in [4.78, 5) is 16.5. The number of benzene rings is 2. The number of aromatic nitrogens is 2. The third-order valence-corrected chi connectivity index (χ3v) is 5.38. The lowest BCUT2D eigenvalue weighted by atomic mass is 10.1. The van der Waals surface area contributed by atoms with E-state index in [4.69, 9.17) is 14.4 Å². The smallest absolute Gasteiger partial charge is 0.338 e. The Hall–Kier alpha value is -3.04. The number of nitrogens with zero attached hydrogens (tertiary/aromatic N) is 2. The van der Waals surface area contributed by atoms with Crippen LogP contribution in [0.3, 0.4) is 0 Å². The normalized spacial score (nSPS) is 11.4. The molecule has 8 nitrogen and oxygen atoms in total. The Labute approximate surface area is 162 Å². The SMILES string of the molecule is Cc1ccccc1-c1noc(COC(=O)c2cc(C)c(C)c(S(N)(=O)=O)c2)n1. The van der Waals surface area contributed by atoms with E-state index >= 15 is 0 Å². The zero-order valence-electron chi connectivity index (χ0n) is 15.6. The van der Waals surface area contributed by atoms with Gasteiger partial charge < -0.3 is 9.26 Å². The fourth-order valence-corrected chi connectivity index (χ4v) is 3.58. The Balaban J connectivity index is 1.77. The first-order chi connectivity index (χ1) is 13.2. The molecule has 0 unspecified atom stereocenters. The van der Waals surface area contributed by atoms with Gasteiger partial charge in [0.1, 0.15) is 0 Å². The van der Waals surface area contributed by atoms with Gasteiger partial charge >= 0.3 is 5.97 Å². The van der Waals surface area contributed by atoms with Crippen molar-refractivity contribution in [2.75, 3.05) is 0 Å². The second kappa shape index (κ2) is 7.53. The van der Waals surface area contributed by atoms with E-state index in [1.807, 2.05) is 31.2 Å². The van der Waals surface area contributed by atoms with Gasteiger partial charge in [-0.1, -0.05) is 29.4 Å². The van der Waals surface area contributed by atoms with Crippen LogP contribution in [0, 0.1) is 20.8 Å². The summed E-state index contributed by atoms with van der Waals surface area (Å²) in [5.41, 5.74) is 2.97. The number of rotatable bonds is 5. The van der Waals surface area contributed by atoms with Crippen LogP contribution in [0.25, 0.3) is 11.4 Å². The van der Waals surface area contributed by atoms with E-state index in [0.29, 0.717) is 17.0 Å². The molecule has 3 rings (SSSR count). The predicted molar refractivity (Wildman–Crippen MR) is 101 cm³/mol. The number of nitrogens with two attached hydrogens (primary N) is 1. The first-order valence-corrected chi connectivity index (χ1v) is 9.91. The summed E-state index contributed by atoms with van der Waals surface area (Å²) in [7, 11) is -3.96. The zero-order chi connectivity index (χ0) is 20.5. The van der Waals surface area contributed by atoms with Crippen LogP contribution in [0.15, 0.2) is 45.8 Å². The maximum atomic E-state index is 12.3. The van der Waals surface area contributed by atoms with Crippen LogP contribution in [0.4, 0.5) is 0 Å². The molecule has 2 N–H and O–H groups in total. The van der Waals surface area contributed by atoms with Crippen LogP contribution in [-0.2, 0) is 21.4 Å². The number of esters is 1. The largest absolute Gasteiger partial charge is 0.452 e. The summed E-state index contributed by atoms with van der Waals surface area (Å²) < 4.78 is 33.7. The van der Waals surface area contributed by atoms with Gasteiger partial charge in [0, 0.05) is 5.56 Å². The summed E-state index contributed by atoms with van der Waals surface area (Å²) in [5, 5.41) is 9.11. The van der Waals surface area contributed by atoms with E-state index in [-0.39, 0.29) is 23.0 Å². The van der Waals surface area contributed by atoms with E-state index in [1.165, 1.54) is 6.07 Å². The summed E-state index contributed by atoms with van der Waals surface area (Å²) in [5.74, 6) is -0.197. The highest BCUT2D eigenvalue weighted by Crippen LogP contribution is 2.22. The quantitative estimate of drug-likeness (QED) is 0.651. The van der Waals surface area contributed by atoms with Crippen molar-refractivity contribution in [2.24, 2.45) is 5.14 Å². The van der Waals surface area contributed by atoms with E-state index < -0.39 is 16.0 Å². The Morgan fingerprint density at radius 2 is 1.86 bits per heavy atom. The highest BCUT2D eigenvalue weighted by Gasteiger charge is 2.19.